The minimum Gasteiger partial charge on any atom is -0.463 e. The molecule has 21 heteroatoms. The van der Waals surface area contributed by atoms with Crippen LogP contribution < -0.4 is 26.0 Å². The van der Waals surface area contributed by atoms with Gasteiger partial charge in [0.1, 0.15) is 35.9 Å². The second-order valence-electron chi connectivity index (χ2n) is 18.4. The van der Waals surface area contributed by atoms with Gasteiger partial charge in [0.25, 0.3) is 10.1 Å². The Morgan fingerprint density at radius 1 is 0.658 bits per heavy atom. The highest BCUT2D eigenvalue weighted by Crippen LogP contribution is 2.25. The van der Waals surface area contributed by atoms with Crippen LogP contribution in [0.3, 0.4) is 0 Å². The minimum atomic E-state index is -4.01. The Kier molecular flexibility index (Phi) is 25.2. The van der Waals surface area contributed by atoms with Crippen LogP contribution in [0.15, 0.2) is 67.0 Å². The van der Waals surface area contributed by atoms with Crippen LogP contribution in [0.4, 0.5) is 9.59 Å². The summed E-state index contributed by atoms with van der Waals surface area (Å²) in [6, 6.07) is 11.9. The van der Waals surface area contributed by atoms with E-state index in [0.717, 1.165) is 73.3 Å². The first-order valence-corrected chi connectivity index (χ1v) is 26.9. The number of fused-ring (bicyclic) bond motifs is 2. The zero-order chi connectivity index (χ0) is 52.0. The number of hydrogen-bond donors (Lipinski definition) is 2. The molecule has 2 aromatic heterocycles. The van der Waals surface area contributed by atoms with Gasteiger partial charge in [0.05, 0.1) is 17.8 Å². The molecule has 2 N–H and O–H groups in total. The zero-order valence-electron chi connectivity index (χ0n) is 42.6. The number of ether oxygens (including phenoxy) is 4. The summed E-state index contributed by atoms with van der Waals surface area (Å²) >= 11 is 0. The first kappa shape index (κ1) is 60.0. The number of carbonyl (C=O) groups excluding carboxylic acids is 4. The molecule has 4 heterocycles. The van der Waals surface area contributed by atoms with Crippen molar-refractivity contribution in [2.75, 3.05) is 64.8 Å². The van der Waals surface area contributed by atoms with Crippen LogP contribution in [0.25, 0.3) is 21.9 Å². The molecular weight excluding hydrogens is 988 g/mol. The number of benzene rings is 2. The summed E-state index contributed by atoms with van der Waals surface area (Å²) in [7, 11) is -4.01. The van der Waals surface area contributed by atoms with E-state index in [1.54, 1.807) is 36.1 Å². The lowest BCUT2D eigenvalue weighted by atomic mass is 10.1. The fourth-order valence-electron chi connectivity index (χ4n) is 8.60. The lowest BCUT2D eigenvalue weighted by molar-refractivity contribution is -0.146. The normalized spacial score (nSPS) is 16.0. The molecule has 4 aromatic rings. The number of nitrogens with zero attached hydrogens (tertiary/aromatic N) is 3. The molecule has 0 saturated carbocycles. The van der Waals surface area contributed by atoms with Crippen LogP contribution in [-0.4, -0.2) is 129 Å². The molecule has 2 saturated heterocycles. The summed E-state index contributed by atoms with van der Waals surface area (Å²) < 4.78 is 63.6. The number of unbranched alkanes of at least 4 members (excludes halogenated alkanes) is 9. The number of rotatable bonds is 23. The van der Waals surface area contributed by atoms with E-state index in [9.17, 15) is 37.2 Å². The molecule has 2 aromatic carbocycles. The van der Waals surface area contributed by atoms with Crippen molar-refractivity contribution >= 4 is 68.6 Å². The van der Waals surface area contributed by atoms with Gasteiger partial charge in [-0.15, -0.1) is 12.4 Å². The van der Waals surface area contributed by atoms with Crippen molar-refractivity contribution in [1.82, 2.24) is 20.0 Å². The standard InChI is InChI=1S/C28H40N2O9S.C24H32N2O6.ClH/c1-3-4-5-6-7-10-26(31)37-20-22-19-29(13-8-9-16-40(34,35)36)14-15-30(22)28(33)38-23-11-12-24-21(2)17-27(32)39-25(24)18-23;1-3-4-5-6-7-8-22(27)30-16-18-15-25-11-12-26(18)24(29)31-19-9-10-20-17(2)13-23(28)32-21(20)14-19;/h11-12,17-18,22H,3-10,13-16,19-20H2,1-2H3,(H,34,35,36);9-10,13-14,18,25H,3-8,11-12,15-16H2,1-2H3;1H. The Bertz CT molecular complexity index is 2660. The van der Waals surface area contributed by atoms with E-state index in [0.29, 0.717) is 82.7 Å². The topological polar surface area (TPSA) is 242 Å². The number of nitrogens with one attached hydrogen (secondary N) is 1. The number of amides is 2. The molecule has 0 radical (unpaired) electrons. The average molecular weight is 1060 g/mol. The fraction of sp³-hybridized carbons (Fsp3) is 0.577. The maximum atomic E-state index is 13.2. The van der Waals surface area contributed by atoms with Gasteiger partial charge < -0.3 is 33.1 Å². The van der Waals surface area contributed by atoms with Crippen molar-refractivity contribution in [3.63, 3.8) is 0 Å². The van der Waals surface area contributed by atoms with E-state index in [1.165, 1.54) is 42.0 Å². The number of halogens is 1. The smallest absolute Gasteiger partial charge is 0.415 e. The molecule has 2 unspecified atom stereocenters. The predicted octanol–water partition coefficient (Wildman–Crippen LogP) is 8.36. The van der Waals surface area contributed by atoms with E-state index >= 15 is 0 Å². The minimum absolute atomic E-state index is 0. The fourth-order valence-corrected chi connectivity index (χ4v) is 9.17. The molecular formula is C52H73ClN4O15S. The number of aryl methyl sites for hydroxylation is 2. The van der Waals surface area contributed by atoms with Gasteiger partial charge in [-0.25, -0.2) is 19.2 Å². The van der Waals surface area contributed by atoms with Gasteiger partial charge in [0.15, 0.2) is 0 Å². The van der Waals surface area contributed by atoms with E-state index in [2.05, 4.69) is 24.1 Å². The Labute approximate surface area is 433 Å². The van der Waals surface area contributed by atoms with Crippen molar-refractivity contribution in [3.8, 4) is 11.5 Å². The molecule has 404 valence electrons. The first-order valence-electron chi connectivity index (χ1n) is 25.3. The first-order chi connectivity index (χ1) is 34.5. The third-order valence-corrected chi connectivity index (χ3v) is 13.4. The van der Waals surface area contributed by atoms with Crippen molar-refractivity contribution in [3.05, 3.63) is 80.5 Å². The van der Waals surface area contributed by atoms with Gasteiger partial charge in [0.2, 0.25) is 0 Å². The number of hydrogen-bond acceptors (Lipinski definition) is 16. The molecule has 6 rings (SSSR count). The van der Waals surface area contributed by atoms with Gasteiger partial charge in [-0.05, 0) is 81.5 Å². The van der Waals surface area contributed by atoms with Crippen molar-refractivity contribution in [2.24, 2.45) is 0 Å². The lowest BCUT2D eigenvalue weighted by Crippen LogP contribution is -2.57. The van der Waals surface area contributed by atoms with Crippen molar-refractivity contribution in [1.29, 1.82) is 0 Å². The van der Waals surface area contributed by atoms with Gasteiger partial charge in [-0.3, -0.25) is 28.8 Å². The SMILES string of the molecule is CCCCCCCC(=O)OCC1CN(CCCCS(=O)(=O)O)CCN1C(=O)Oc1ccc2c(C)cc(=O)oc2c1.CCCCCCCC(=O)OCC1CNCCN1C(=O)Oc1ccc2c(C)cc(=O)oc2c1.Cl. The molecule has 2 fully saturated rings. The molecule has 2 aliphatic heterocycles. The average Bonchev–Trinajstić information content (AvgIpc) is 3.33. The van der Waals surface area contributed by atoms with Gasteiger partial charge in [-0.1, -0.05) is 65.2 Å². The van der Waals surface area contributed by atoms with Gasteiger partial charge >= 0.3 is 35.4 Å². The van der Waals surface area contributed by atoms with Crippen molar-refractivity contribution in [2.45, 2.75) is 130 Å². The number of piperazine rings is 2. The second kappa shape index (κ2) is 30.6. The summed E-state index contributed by atoms with van der Waals surface area (Å²) in [6.45, 7) is 11.5. The zero-order valence-corrected chi connectivity index (χ0v) is 44.2. The maximum absolute atomic E-state index is 13.2. The van der Waals surface area contributed by atoms with E-state index in [4.69, 9.17) is 32.3 Å². The Morgan fingerprint density at radius 3 is 1.66 bits per heavy atom. The molecule has 0 spiro atoms. The van der Waals surface area contributed by atoms with Crippen LogP contribution in [0.1, 0.15) is 115 Å². The molecule has 2 atom stereocenters. The van der Waals surface area contributed by atoms with Crippen LogP contribution >= 0.6 is 12.4 Å². The molecule has 0 aliphatic carbocycles. The van der Waals surface area contributed by atoms with Crippen molar-refractivity contribution < 1.29 is 59.9 Å². The molecule has 2 amide bonds. The monoisotopic (exact) mass is 1060 g/mol. The van der Waals surface area contributed by atoms with Crippen LogP contribution in [0.5, 0.6) is 11.5 Å². The summed E-state index contributed by atoms with van der Waals surface area (Å²) in [5, 5.41) is 4.74. The lowest BCUT2D eigenvalue weighted by Gasteiger charge is -2.40. The highest BCUT2D eigenvalue weighted by molar-refractivity contribution is 7.85. The largest absolute Gasteiger partial charge is 0.463 e. The molecule has 19 nitrogen and oxygen atoms in total. The van der Waals surface area contributed by atoms with Crippen LogP contribution in [0, 0.1) is 13.8 Å². The van der Waals surface area contributed by atoms with Crippen LogP contribution in [-0.2, 0) is 29.2 Å². The van der Waals surface area contributed by atoms with Gasteiger partial charge in [-0.2, -0.15) is 8.42 Å². The highest BCUT2D eigenvalue weighted by atomic mass is 35.5. The Morgan fingerprint density at radius 2 is 1.15 bits per heavy atom. The highest BCUT2D eigenvalue weighted by Gasteiger charge is 2.33. The third kappa shape index (κ3) is 20.4. The van der Waals surface area contributed by atoms with Gasteiger partial charge in [0, 0.05) is 87.1 Å². The molecule has 2 aliphatic rings. The number of carbonyl (C=O) groups is 4. The summed E-state index contributed by atoms with van der Waals surface area (Å²) in [5.74, 6) is -0.334. The molecule has 0 bridgehead atoms. The summed E-state index contributed by atoms with van der Waals surface area (Å²) in [5.41, 5.74) is 1.29. The van der Waals surface area contributed by atoms with E-state index in [1.807, 2.05) is 6.92 Å². The summed E-state index contributed by atoms with van der Waals surface area (Å²) in [4.78, 5) is 79.0. The maximum Gasteiger partial charge on any atom is 0.415 e. The van der Waals surface area contributed by atoms with Crippen LogP contribution in [0.2, 0.25) is 0 Å². The Hall–Kier alpha value is -5.54. The second-order valence-corrected chi connectivity index (χ2v) is 20.0. The number of esters is 2. The quantitative estimate of drug-likeness (QED) is 0.0307. The Balaban J connectivity index is 0.000000320. The van der Waals surface area contributed by atoms with E-state index < -0.39 is 39.6 Å². The third-order valence-electron chi connectivity index (χ3n) is 12.6. The van der Waals surface area contributed by atoms with E-state index in [-0.39, 0.29) is 60.9 Å². The predicted molar refractivity (Wildman–Crippen MR) is 278 cm³/mol. The summed E-state index contributed by atoms with van der Waals surface area (Å²) in [6.07, 6.45) is 10.8. The molecule has 73 heavy (non-hydrogen) atoms.